The number of ether oxygens (including phenoxy) is 2. The van der Waals surface area contributed by atoms with Crippen LogP contribution in [-0.2, 0) is 11.2 Å². The number of para-hydroxylation sites is 1. The highest BCUT2D eigenvalue weighted by Gasteiger charge is 2.15. The summed E-state index contributed by atoms with van der Waals surface area (Å²) in [6.45, 7) is 2.26. The predicted molar refractivity (Wildman–Crippen MR) is 102 cm³/mol. The number of methoxy groups -OCH3 is 1. The molecule has 2 aromatic rings. The van der Waals surface area contributed by atoms with Crippen molar-refractivity contribution in [3.63, 3.8) is 0 Å². The Kier molecular flexibility index (Phi) is 7.13. The summed E-state index contributed by atoms with van der Waals surface area (Å²) in [6.07, 6.45) is 1.23. The molecule has 0 spiro atoms. The minimum Gasteiger partial charge on any atom is -0.491 e. The summed E-state index contributed by atoms with van der Waals surface area (Å²) in [5.74, 6) is 0.390. The van der Waals surface area contributed by atoms with Gasteiger partial charge in [-0.25, -0.2) is 5.43 Å². The van der Waals surface area contributed by atoms with E-state index >= 15 is 0 Å². The average molecular weight is 392 g/mol. The molecule has 8 nitrogen and oxygen atoms in total. The van der Waals surface area contributed by atoms with Crippen molar-refractivity contribution >= 4 is 29.4 Å². The second-order valence-electron chi connectivity index (χ2n) is 5.32. The van der Waals surface area contributed by atoms with Crippen LogP contribution >= 0.6 is 11.6 Å². The zero-order valence-electron chi connectivity index (χ0n) is 14.8. The lowest BCUT2D eigenvalue weighted by Gasteiger charge is -2.11. The SMILES string of the molecule is CCOc1cc(/C=N/NC(=O)Cc2ccccc2[N+](=O)[O-])cc(Cl)c1OC. The Balaban J connectivity index is 2.07. The second kappa shape index (κ2) is 9.54. The maximum absolute atomic E-state index is 12.0. The summed E-state index contributed by atoms with van der Waals surface area (Å²) in [6, 6.07) is 9.33. The van der Waals surface area contributed by atoms with Crippen LogP contribution in [0.15, 0.2) is 41.5 Å². The van der Waals surface area contributed by atoms with Gasteiger partial charge in [0.05, 0.1) is 36.3 Å². The van der Waals surface area contributed by atoms with E-state index in [0.29, 0.717) is 34.3 Å². The van der Waals surface area contributed by atoms with Crippen molar-refractivity contribution in [2.75, 3.05) is 13.7 Å². The first-order chi connectivity index (χ1) is 13.0. The number of rotatable bonds is 8. The molecule has 0 atom stereocenters. The van der Waals surface area contributed by atoms with E-state index in [2.05, 4.69) is 10.5 Å². The predicted octanol–water partition coefficient (Wildman–Crippen LogP) is 3.35. The summed E-state index contributed by atoms with van der Waals surface area (Å²) in [5.41, 5.74) is 3.13. The van der Waals surface area contributed by atoms with Gasteiger partial charge in [0.15, 0.2) is 11.5 Å². The van der Waals surface area contributed by atoms with E-state index < -0.39 is 10.8 Å². The fourth-order valence-electron chi connectivity index (χ4n) is 2.35. The van der Waals surface area contributed by atoms with Crippen molar-refractivity contribution in [3.8, 4) is 11.5 Å². The van der Waals surface area contributed by atoms with Crippen LogP contribution in [0.2, 0.25) is 5.02 Å². The molecule has 0 aromatic heterocycles. The molecule has 0 radical (unpaired) electrons. The highest BCUT2D eigenvalue weighted by atomic mass is 35.5. The number of nitrogens with zero attached hydrogens (tertiary/aromatic N) is 2. The van der Waals surface area contributed by atoms with Crippen molar-refractivity contribution in [2.24, 2.45) is 5.10 Å². The second-order valence-corrected chi connectivity index (χ2v) is 5.73. The zero-order chi connectivity index (χ0) is 19.8. The molecule has 0 bridgehead atoms. The van der Waals surface area contributed by atoms with Crippen LogP contribution in [-0.4, -0.2) is 30.8 Å². The number of nitro groups is 1. The Labute approximate surface area is 160 Å². The van der Waals surface area contributed by atoms with E-state index in [1.807, 2.05) is 6.92 Å². The van der Waals surface area contributed by atoms with Gasteiger partial charge in [-0.2, -0.15) is 5.10 Å². The van der Waals surface area contributed by atoms with Crippen molar-refractivity contribution in [1.29, 1.82) is 0 Å². The van der Waals surface area contributed by atoms with Gasteiger partial charge in [-0.05, 0) is 24.6 Å². The van der Waals surface area contributed by atoms with Gasteiger partial charge in [-0.15, -0.1) is 0 Å². The maximum atomic E-state index is 12.0. The fraction of sp³-hybridized carbons (Fsp3) is 0.222. The molecule has 142 valence electrons. The highest BCUT2D eigenvalue weighted by Crippen LogP contribution is 2.35. The van der Waals surface area contributed by atoms with Gasteiger partial charge in [0, 0.05) is 11.6 Å². The Morgan fingerprint density at radius 1 is 1.37 bits per heavy atom. The van der Waals surface area contributed by atoms with Crippen LogP contribution in [0, 0.1) is 10.1 Å². The lowest BCUT2D eigenvalue weighted by Crippen LogP contribution is -2.20. The van der Waals surface area contributed by atoms with E-state index in [-0.39, 0.29) is 12.1 Å². The number of hydrazone groups is 1. The molecule has 27 heavy (non-hydrogen) atoms. The van der Waals surface area contributed by atoms with E-state index in [4.69, 9.17) is 21.1 Å². The first-order valence-electron chi connectivity index (χ1n) is 8.00. The van der Waals surface area contributed by atoms with Crippen LogP contribution in [0.3, 0.4) is 0 Å². The molecule has 0 heterocycles. The molecule has 9 heteroatoms. The minimum atomic E-state index is -0.527. The molecule has 2 rings (SSSR count). The molecular weight excluding hydrogens is 374 g/mol. The maximum Gasteiger partial charge on any atom is 0.273 e. The quantitative estimate of drug-likeness (QED) is 0.422. The zero-order valence-corrected chi connectivity index (χ0v) is 15.5. The van der Waals surface area contributed by atoms with Crippen molar-refractivity contribution < 1.29 is 19.2 Å². The highest BCUT2D eigenvalue weighted by molar-refractivity contribution is 6.32. The number of nitrogens with one attached hydrogen (secondary N) is 1. The number of hydrogen-bond donors (Lipinski definition) is 1. The van der Waals surface area contributed by atoms with Crippen LogP contribution in [0.25, 0.3) is 0 Å². The summed E-state index contributed by atoms with van der Waals surface area (Å²) in [7, 11) is 1.49. The summed E-state index contributed by atoms with van der Waals surface area (Å²) < 4.78 is 10.7. The lowest BCUT2D eigenvalue weighted by molar-refractivity contribution is -0.385. The van der Waals surface area contributed by atoms with Gasteiger partial charge in [-0.3, -0.25) is 14.9 Å². The smallest absolute Gasteiger partial charge is 0.273 e. The molecule has 0 fully saturated rings. The van der Waals surface area contributed by atoms with Crippen molar-refractivity contribution in [3.05, 3.63) is 62.7 Å². The normalized spacial score (nSPS) is 10.6. The third-order valence-corrected chi connectivity index (χ3v) is 3.76. The molecule has 0 saturated heterocycles. The van der Waals surface area contributed by atoms with Gasteiger partial charge in [0.1, 0.15) is 0 Å². The van der Waals surface area contributed by atoms with Crippen LogP contribution in [0.4, 0.5) is 5.69 Å². The largest absolute Gasteiger partial charge is 0.491 e. The van der Waals surface area contributed by atoms with Crippen molar-refractivity contribution in [1.82, 2.24) is 5.43 Å². The summed E-state index contributed by atoms with van der Waals surface area (Å²) in [5, 5.41) is 15.2. The van der Waals surface area contributed by atoms with Gasteiger partial charge < -0.3 is 9.47 Å². The summed E-state index contributed by atoms with van der Waals surface area (Å²) in [4.78, 5) is 22.5. The van der Waals surface area contributed by atoms with E-state index in [0.717, 1.165) is 0 Å². The Morgan fingerprint density at radius 2 is 2.11 bits per heavy atom. The van der Waals surface area contributed by atoms with Gasteiger partial charge >= 0.3 is 0 Å². The molecular formula is C18H18ClN3O5. The van der Waals surface area contributed by atoms with Crippen LogP contribution in [0.5, 0.6) is 11.5 Å². The number of carbonyl (C=O) groups excluding carboxylic acids is 1. The lowest BCUT2D eigenvalue weighted by atomic mass is 10.1. The Bertz CT molecular complexity index is 870. The van der Waals surface area contributed by atoms with Crippen LogP contribution in [0.1, 0.15) is 18.1 Å². The topological polar surface area (TPSA) is 103 Å². The molecule has 0 unspecified atom stereocenters. The molecule has 0 saturated carbocycles. The number of hydrogen-bond acceptors (Lipinski definition) is 6. The summed E-state index contributed by atoms with van der Waals surface area (Å²) >= 11 is 6.15. The third kappa shape index (κ3) is 5.42. The van der Waals surface area contributed by atoms with E-state index in [9.17, 15) is 14.9 Å². The minimum absolute atomic E-state index is 0.111. The number of amides is 1. The molecule has 0 aliphatic heterocycles. The monoisotopic (exact) mass is 391 g/mol. The Hall–Kier alpha value is -3.13. The standard InChI is InChI=1S/C18H18ClN3O5/c1-3-27-16-9-12(8-14(19)18(16)26-2)11-20-21-17(23)10-13-6-4-5-7-15(13)22(24)25/h4-9,11H,3,10H2,1-2H3,(H,21,23)/b20-11+. The Morgan fingerprint density at radius 3 is 2.78 bits per heavy atom. The molecule has 0 aliphatic carbocycles. The molecule has 1 amide bonds. The third-order valence-electron chi connectivity index (χ3n) is 3.48. The van der Waals surface area contributed by atoms with Gasteiger partial charge in [0.25, 0.3) is 5.69 Å². The van der Waals surface area contributed by atoms with Gasteiger partial charge in [0.2, 0.25) is 5.91 Å². The number of carbonyl (C=O) groups is 1. The fourth-order valence-corrected chi connectivity index (χ4v) is 2.65. The molecule has 1 N–H and O–H groups in total. The molecule has 2 aromatic carbocycles. The number of halogens is 1. The first-order valence-corrected chi connectivity index (χ1v) is 8.38. The number of benzene rings is 2. The average Bonchev–Trinajstić information content (AvgIpc) is 2.62. The van der Waals surface area contributed by atoms with E-state index in [1.165, 1.54) is 25.5 Å². The van der Waals surface area contributed by atoms with E-state index in [1.54, 1.807) is 24.3 Å². The van der Waals surface area contributed by atoms with Crippen molar-refractivity contribution in [2.45, 2.75) is 13.3 Å². The first kappa shape index (κ1) is 20.2. The molecule has 0 aliphatic rings. The van der Waals surface area contributed by atoms with Crippen LogP contribution < -0.4 is 14.9 Å². The van der Waals surface area contributed by atoms with Gasteiger partial charge in [-0.1, -0.05) is 29.8 Å². The number of nitro benzene ring substituents is 1.